The van der Waals surface area contributed by atoms with Gasteiger partial charge in [0.2, 0.25) is 0 Å². The molecule has 1 atom stereocenters. The number of hydrogen-bond acceptors (Lipinski definition) is 1. The number of hydrogen-bond donors (Lipinski definition) is 0. The molecule has 1 heterocycles. The van der Waals surface area contributed by atoms with Crippen LogP contribution >= 0.6 is 0 Å². The van der Waals surface area contributed by atoms with E-state index in [1.165, 1.54) is 36.2 Å². The fourth-order valence-corrected chi connectivity index (χ4v) is 2.09. The van der Waals surface area contributed by atoms with E-state index in [0.717, 1.165) is 18.8 Å². The summed E-state index contributed by atoms with van der Waals surface area (Å²) >= 11 is 0. The molecule has 1 aromatic rings. The Morgan fingerprint density at radius 3 is 1.74 bits per heavy atom. The first kappa shape index (κ1) is 33.5. The summed E-state index contributed by atoms with van der Waals surface area (Å²) in [6.45, 7) is 29.0. The van der Waals surface area contributed by atoms with E-state index in [-0.39, 0.29) is 0 Å². The first-order valence-corrected chi connectivity index (χ1v) is 11.3. The van der Waals surface area contributed by atoms with E-state index in [1.807, 2.05) is 48.5 Å². The molecule has 1 unspecified atom stereocenters. The van der Waals surface area contributed by atoms with E-state index < -0.39 is 0 Å². The van der Waals surface area contributed by atoms with Crippen molar-refractivity contribution in [1.29, 1.82) is 0 Å². The Kier molecular flexibility index (Phi) is 33.7. The predicted octanol–water partition coefficient (Wildman–Crippen LogP) is 8.57. The van der Waals surface area contributed by atoms with Crippen LogP contribution in [0.5, 0.6) is 0 Å². The molecule has 0 saturated carbocycles. The van der Waals surface area contributed by atoms with E-state index in [2.05, 4.69) is 70.5 Å². The Bertz CT molecular complexity index is 387. The molecule has 162 valence electrons. The van der Waals surface area contributed by atoms with Gasteiger partial charge in [-0.1, -0.05) is 97.7 Å². The molecule has 0 spiro atoms. The summed E-state index contributed by atoms with van der Waals surface area (Å²) in [5.41, 5.74) is 4.04. The van der Waals surface area contributed by atoms with E-state index in [1.54, 1.807) is 0 Å². The third kappa shape index (κ3) is 27.2. The van der Waals surface area contributed by atoms with E-state index >= 15 is 0 Å². The van der Waals surface area contributed by atoms with Crippen LogP contribution in [0.15, 0.2) is 36.4 Å². The summed E-state index contributed by atoms with van der Waals surface area (Å²) in [7, 11) is 2.18. The van der Waals surface area contributed by atoms with Crippen LogP contribution in [0.4, 0.5) is 0 Å². The third-order valence-corrected chi connectivity index (χ3v) is 3.72. The van der Waals surface area contributed by atoms with Gasteiger partial charge in [-0.2, -0.15) is 0 Å². The van der Waals surface area contributed by atoms with E-state index in [0.29, 0.717) is 0 Å². The highest BCUT2D eigenvalue weighted by atomic mass is 15.1. The van der Waals surface area contributed by atoms with Gasteiger partial charge in [-0.05, 0) is 58.2 Å². The van der Waals surface area contributed by atoms with Gasteiger partial charge in [-0.15, -0.1) is 6.58 Å². The number of allylic oxidation sites excluding steroid dienone is 1. The van der Waals surface area contributed by atoms with Crippen LogP contribution in [0.1, 0.15) is 93.2 Å². The number of aryl methyl sites for hydroxylation is 2. The number of nitrogens with zero attached hydrogens (tertiary/aromatic N) is 1. The van der Waals surface area contributed by atoms with Gasteiger partial charge in [-0.3, -0.25) is 0 Å². The smallest absolute Gasteiger partial charge is 0.000445 e. The monoisotopic (exact) mass is 379 g/mol. The van der Waals surface area contributed by atoms with Gasteiger partial charge in [0, 0.05) is 6.54 Å². The summed E-state index contributed by atoms with van der Waals surface area (Å²) < 4.78 is 0. The van der Waals surface area contributed by atoms with Crippen LogP contribution in [-0.4, -0.2) is 25.0 Å². The molecular formula is C26H53N. The van der Waals surface area contributed by atoms with Crippen LogP contribution in [-0.2, 0) is 6.42 Å². The van der Waals surface area contributed by atoms with Gasteiger partial charge in [0.05, 0.1) is 0 Å². The zero-order chi connectivity index (χ0) is 22.3. The normalized spacial score (nSPS) is 14.1. The Labute approximate surface area is 174 Å². The van der Waals surface area contributed by atoms with Crippen LogP contribution in [0.2, 0.25) is 0 Å². The van der Waals surface area contributed by atoms with Crippen molar-refractivity contribution in [2.24, 2.45) is 5.92 Å². The Morgan fingerprint density at radius 1 is 1.07 bits per heavy atom. The maximum Gasteiger partial charge on any atom is 0.000445 e. The molecule has 2 rings (SSSR count). The highest BCUT2D eigenvalue weighted by Crippen LogP contribution is 2.11. The molecular weight excluding hydrogens is 326 g/mol. The second kappa shape index (κ2) is 27.1. The molecule has 0 N–H and O–H groups in total. The van der Waals surface area contributed by atoms with Crippen molar-refractivity contribution < 1.29 is 0 Å². The maximum atomic E-state index is 3.67. The zero-order valence-corrected chi connectivity index (χ0v) is 21.1. The largest absolute Gasteiger partial charge is 0.306 e. The fraction of sp³-hybridized carbons (Fsp3) is 0.692. The fourth-order valence-electron chi connectivity index (χ4n) is 2.09. The van der Waals surface area contributed by atoms with Gasteiger partial charge in [0.1, 0.15) is 0 Å². The molecule has 0 radical (unpaired) electrons. The summed E-state index contributed by atoms with van der Waals surface area (Å²) in [6.07, 6.45) is 3.65. The predicted molar refractivity (Wildman–Crippen MR) is 131 cm³/mol. The van der Waals surface area contributed by atoms with E-state index in [4.69, 9.17) is 0 Å². The lowest BCUT2D eigenvalue weighted by molar-refractivity contribution is 0.402. The molecule has 1 heteroatoms. The summed E-state index contributed by atoms with van der Waals surface area (Å²) in [6, 6.07) is 8.61. The standard InChI is InChI=1S/C9H12.C6H13N.C5H10.3C2H6/c1-3-9-6-4-5-8(2)7-9;1-6-3-4-7(2)5-6;1-4-5(2)3;3*1-2/h4-7H,3H2,1-2H3;6H,3-5H2,1-2H3;2,4H2,1,3H3;3*1-2H3. The van der Waals surface area contributed by atoms with Gasteiger partial charge in [-0.25, -0.2) is 0 Å². The van der Waals surface area contributed by atoms with Crippen molar-refractivity contribution in [3.05, 3.63) is 47.5 Å². The summed E-state index contributed by atoms with van der Waals surface area (Å²) in [5, 5.41) is 0. The highest BCUT2D eigenvalue weighted by molar-refractivity contribution is 5.21. The molecule has 1 nitrogen and oxygen atoms in total. The minimum atomic E-state index is 0.949. The quantitative estimate of drug-likeness (QED) is 0.465. The van der Waals surface area contributed by atoms with Crippen molar-refractivity contribution in [2.75, 3.05) is 20.1 Å². The van der Waals surface area contributed by atoms with E-state index in [9.17, 15) is 0 Å². The molecule has 1 aliphatic heterocycles. The Balaban J connectivity index is -0.000000132. The Morgan fingerprint density at radius 2 is 1.56 bits per heavy atom. The third-order valence-electron chi connectivity index (χ3n) is 3.72. The minimum Gasteiger partial charge on any atom is -0.306 e. The molecule has 27 heavy (non-hydrogen) atoms. The lowest BCUT2D eigenvalue weighted by atomic mass is 10.1. The van der Waals surface area contributed by atoms with Crippen molar-refractivity contribution in [2.45, 2.75) is 95.4 Å². The first-order valence-electron chi connectivity index (χ1n) is 11.3. The zero-order valence-electron chi connectivity index (χ0n) is 21.1. The molecule has 1 aromatic carbocycles. The van der Waals surface area contributed by atoms with Crippen molar-refractivity contribution in [1.82, 2.24) is 4.90 Å². The minimum absolute atomic E-state index is 0.949. The average Bonchev–Trinajstić information content (AvgIpc) is 3.10. The first-order chi connectivity index (χ1) is 12.9. The number of rotatable bonds is 2. The van der Waals surface area contributed by atoms with Crippen LogP contribution in [0.25, 0.3) is 0 Å². The second-order valence-electron chi connectivity index (χ2n) is 6.31. The molecule has 0 amide bonds. The van der Waals surface area contributed by atoms with Crippen molar-refractivity contribution in [3.63, 3.8) is 0 Å². The number of likely N-dealkylation sites (tertiary alicyclic amines) is 1. The molecule has 0 aromatic heterocycles. The van der Waals surface area contributed by atoms with Crippen LogP contribution < -0.4 is 0 Å². The van der Waals surface area contributed by atoms with Gasteiger partial charge < -0.3 is 4.90 Å². The summed E-state index contributed by atoms with van der Waals surface area (Å²) in [5.74, 6) is 0.949. The van der Waals surface area contributed by atoms with Crippen molar-refractivity contribution >= 4 is 0 Å². The van der Waals surface area contributed by atoms with Crippen molar-refractivity contribution in [3.8, 4) is 0 Å². The van der Waals surface area contributed by atoms with Crippen LogP contribution in [0, 0.1) is 12.8 Å². The molecule has 1 fully saturated rings. The average molecular weight is 380 g/mol. The SMILES string of the molecule is C=C(C)CC.CC.CC.CC.CC1CCN(C)C1.CCc1cccc(C)c1. The maximum absolute atomic E-state index is 3.67. The number of benzene rings is 1. The molecule has 1 saturated heterocycles. The van der Waals surface area contributed by atoms with Crippen LogP contribution in [0.3, 0.4) is 0 Å². The Hall–Kier alpha value is -1.08. The van der Waals surface area contributed by atoms with Gasteiger partial charge in [0.25, 0.3) is 0 Å². The van der Waals surface area contributed by atoms with Gasteiger partial charge >= 0.3 is 0 Å². The lowest BCUT2D eigenvalue weighted by Crippen LogP contribution is -2.12. The molecule has 1 aliphatic rings. The topological polar surface area (TPSA) is 3.24 Å². The lowest BCUT2D eigenvalue weighted by Gasteiger charge is -2.03. The summed E-state index contributed by atoms with van der Waals surface area (Å²) in [4.78, 5) is 2.38. The molecule has 0 bridgehead atoms. The molecule has 0 aliphatic carbocycles. The van der Waals surface area contributed by atoms with Gasteiger partial charge in [0.15, 0.2) is 0 Å². The second-order valence-corrected chi connectivity index (χ2v) is 6.31. The highest BCUT2D eigenvalue weighted by Gasteiger charge is 2.13.